The maximum absolute atomic E-state index is 12.3. The lowest BCUT2D eigenvalue weighted by Gasteiger charge is -2.25. The molecule has 1 aromatic heterocycles. The van der Waals surface area contributed by atoms with Gasteiger partial charge in [-0.1, -0.05) is 23.2 Å². The fourth-order valence-electron chi connectivity index (χ4n) is 2.22. The molecule has 0 saturated carbocycles. The molecular weight excluding hydrogens is 357 g/mol. The minimum Gasteiger partial charge on any atom is -0.379 e. The average molecular weight is 372 g/mol. The van der Waals surface area contributed by atoms with Crippen LogP contribution >= 0.6 is 34.5 Å². The molecular formula is C15H15Cl2N3O2S. The van der Waals surface area contributed by atoms with Crippen LogP contribution in [0, 0.1) is 0 Å². The molecule has 0 spiro atoms. The van der Waals surface area contributed by atoms with Crippen molar-refractivity contribution in [2.45, 2.75) is 6.54 Å². The number of rotatable bonds is 4. The van der Waals surface area contributed by atoms with E-state index >= 15 is 0 Å². The molecule has 1 N–H and O–H groups in total. The van der Waals surface area contributed by atoms with Gasteiger partial charge in [0.15, 0.2) is 0 Å². The van der Waals surface area contributed by atoms with Crippen LogP contribution < -0.4 is 5.32 Å². The first-order valence-electron chi connectivity index (χ1n) is 7.13. The third kappa shape index (κ3) is 4.43. The molecule has 0 radical (unpaired) electrons. The summed E-state index contributed by atoms with van der Waals surface area (Å²) in [7, 11) is 0. The fraction of sp³-hybridized carbons (Fsp3) is 0.333. The van der Waals surface area contributed by atoms with Crippen molar-refractivity contribution in [3.05, 3.63) is 44.3 Å². The quantitative estimate of drug-likeness (QED) is 0.892. The number of anilines is 1. The average Bonchev–Trinajstić information content (AvgIpc) is 3.00. The maximum atomic E-state index is 12.3. The van der Waals surface area contributed by atoms with E-state index in [9.17, 15) is 4.79 Å². The Morgan fingerprint density at radius 3 is 2.87 bits per heavy atom. The van der Waals surface area contributed by atoms with Crippen LogP contribution in [0.4, 0.5) is 5.69 Å². The Morgan fingerprint density at radius 2 is 2.13 bits per heavy atom. The second-order valence-electron chi connectivity index (χ2n) is 5.09. The number of thiazole rings is 1. The molecule has 1 aromatic carbocycles. The Hall–Kier alpha value is -1.18. The molecule has 1 saturated heterocycles. The number of nitrogens with one attached hydrogen (secondary N) is 1. The fourth-order valence-corrected chi connectivity index (χ4v) is 3.49. The molecule has 5 nitrogen and oxygen atoms in total. The highest BCUT2D eigenvalue weighted by Gasteiger charge is 2.16. The molecule has 3 rings (SSSR count). The highest BCUT2D eigenvalue weighted by molar-refractivity contribution is 7.09. The van der Waals surface area contributed by atoms with Crippen LogP contribution in [0.25, 0.3) is 0 Å². The Bertz CT molecular complexity index is 702. The van der Waals surface area contributed by atoms with E-state index in [4.69, 9.17) is 27.9 Å². The van der Waals surface area contributed by atoms with Crippen molar-refractivity contribution in [1.82, 2.24) is 9.88 Å². The summed E-state index contributed by atoms with van der Waals surface area (Å²) in [4.78, 5) is 18.9. The monoisotopic (exact) mass is 371 g/mol. The van der Waals surface area contributed by atoms with Crippen LogP contribution in [0.15, 0.2) is 23.6 Å². The Labute approximate surface area is 148 Å². The normalized spacial score (nSPS) is 15.6. The molecule has 1 aliphatic heterocycles. The summed E-state index contributed by atoms with van der Waals surface area (Å²) in [6.07, 6.45) is 0. The van der Waals surface area contributed by atoms with Gasteiger partial charge in [-0.15, -0.1) is 11.3 Å². The van der Waals surface area contributed by atoms with Crippen LogP contribution in [-0.4, -0.2) is 42.1 Å². The summed E-state index contributed by atoms with van der Waals surface area (Å²) in [6.45, 7) is 4.01. The molecule has 2 aromatic rings. The summed E-state index contributed by atoms with van der Waals surface area (Å²) in [5, 5.41) is 6.35. The van der Waals surface area contributed by atoms with Gasteiger partial charge in [0.2, 0.25) is 0 Å². The number of amides is 1. The van der Waals surface area contributed by atoms with Crippen LogP contribution in [-0.2, 0) is 11.3 Å². The number of carbonyl (C=O) groups excluding carboxylic acids is 1. The van der Waals surface area contributed by atoms with Gasteiger partial charge in [0.1, 0.15) is 10.7 Å². The molecule has 1 amide bonds. The number of morpholine rings is 1. The largest absolute Gasteiger partial charge is 0.379 e. The molecule has 0 aliphatic carbocycles. The van der Waals surface area contributed by atoms with Crippen LogP contribution in [0.3, 0.4) is 0 Å². The standard InChI is InChI=1S/C15H15Cl2N3O2S/c16-10-1-2-12(11(17)7-10)19-15(21)13-9-23-14(18-13)8-20-3-5-22-6-4-20/h1-2,7,9H,3-6,8H2,(H,19,21). The first-order chi connectivity index (χ1) is 11.1. The summed E-state index contributed by atoms with van der Waals surface area (Å²) in [5.74, 6) is -0.279. The van der Waals surface area contributed by atoms with Gasteiger partial charge in [-0.2, -0.15) is 0 Å². The SMILES string of the molecule is O=C(Nc1ccc(Cl)cc1Cl)c1csc(CN2CCOCC2)n1. The van der Waals surface area contributed by atoms with Gasteiger partial charge >= 0.3 is 0 Å². The van der Waals surface area contributed by atoms with E-state index in [1.165, 1.54) is 11.3 Å². The summed E-state index contributed by atoms with van der Waals surface area (Å²) < 4.78 is 5.32. The first kappa shape index (κ1) is 16.7. The number of ether oxygens (including phenoxy) is 1. The Morgan fingerprint density at radius 1 is 1.35 bits per heavy atom. The molecule has 0 atom stereocenters. The van der Waals surface area contributed by atoms with Crippen LogP contribution in [0.1, 0.15) is 15.5 Å². The number of aromatic nitrogens is 1. The van der Waals surface area contributed by atoms with E-state index in [2.05, 4.69) is 15.2 Å². The minimum atomic E-state index is -0.279. The van der Waals surface area contributed by atoms with Gasteiger partial charge in [0.25, 0.3) is 5.91 Å². The lowest BCUT2D eigenvalue weighted by atomic mass is 10.3. The zero-order valence-electron chi connectivity index (χ0n) is 12.2. The molecule has 8 heteroatoms. The van der Waals surface area contributed by atoms with Crippen molar-refractivity contribution in [2.75, 3.05) is 31.6 Å². The number of nitrogens with zero attached hydrogens (tertiary/aromatic N) is 2. The summed E-state index contributed by atoms with van der Waals surface area (Å²) in [5.41, 5.74) is 0.910. The molecule has 1 aliphatic rings. The molecule has 122 valence electrons. The molecule has 1 fully saturated rings. The lowest BCUT2D eigenvalue weighted by Crippen LogP contribution is -2.35. The molecule has 0 unspecified atom stereocenters. The van der Waals surface area contributed by atoms with Crippen molar-refractivity contribution in [3.8, 4) is 0 Å². The van der Waals surface area contributed by atoms with E-state index in [0.717, 1.165) is 37.9 Å². The second-order valence-corrected chi connectivity index (χ2v) is 6.88. The smallest absolute Gasteiger partial charge is 0.275 e. The van der Waals surface area contributed by atoms with E-state index in [1.54, 1.807) is 23.6 Å². The van der Waals surface area contributed by atoms with Gasteiger partial charge in [-0.05, 0) is 18.2 Å². The lowest BCUT2D eigenvalue weighted by molar-refractivity contribution is 0.0341. The summed E-state index contributed by atoms with van der Waals surface area (Å²) >= 11 is 13.4. The van der Waals surface area contributed by atoms with Gasteiger partial charge in [-0.3, -0.25) is 9.69 Å². The topological polar surface area (TPSA) is 54.5 Å². The maximum Gasteiger partial charge on any atom is 0.275 e. The van der Waals surface area contributed by atoms with Crippen LogP contribution in [0.2, 0.25) is 10.0 Å². The third-order valence-corrected chi connectivity index (χ3v) is 4.81. The van der Waals surface area contributed by atoms with Crippen molar-refractivity contribution in [2.24, 2.45) is 0 Å². The first-order valence-corrected chi connectivity index (χ1v) is 8.76. The van der Waals surface area contributed by atoms with Gasteiger partial charge < -0.3 is 10.1 Å². The zero-order valence-corrected chi connectivity index (χ0v) is 14.5. The van der Waals surface area contributed by atoms with Crippen molar-refractivity contribution in [1.29, 1.82) is 0 Å². The highest BCUT2D eigenvalue weighted by Crippen LogP contribution is 2.26. The van der Waals surface area contributed by atoms with Crippen molar-refractivity contribution < 1.29 is 9.53 Å². The van der Waals surface area contributed by atoms with E-state index in [1.807, 2.05) is 0 Å². The van der Waals surface area contributed by atoms with Gasteiger partial charge in [0, 0.05) is 23.5 Å². The molecule has 0 bridgehead atoms. The number of carbonyl (C=O) groups is 1. The number of hydrogen-bond donors (Lipinski definition) is 1. The van der Waals surface area contributed by atoms with E-state index < -0.39 is 0 Å². The van der Waals surface area contributed by atoms with Gasteiger partial charge in [0.05, 0.1) is 30.5 Å². The van der Waals surface area contributed by atoms with Crippen molar-refractivity contribution in [3.63, 3.8) is 0 Å². The second kappa shape index (κ2) is 7.59. The van der Waals surface area contributed by atoms with E-state index in [0.29, 0.717) is 21.4 Å². The number of benzene rings is 1. The molecule has 2 heterocycles. The predicted octanol–water partition coefficient (Wildman–Crippen LogP) is 3.53. The Balaban J connectivity index is 1.63. The van der Waals surface area contributed by atoms with Gasteiger partial charge in [-0.25, -0.2) is 4.98 Å². The van der Waals surface area contributed by atoms with Crippen LogP contribution in [0.5, 0.6) is 0 Å². The Kier molecular flexibility index (Phi) is 5.50. The van der Waals surface area contributed by atoms with Crippen molar-refractivity contribution >= 4 is 46.1 Å². The third-order valence-electron chi connectivity index (χ3n) is 3.43. The van der Waals surface area contributed by atoms with E-state index in [-0.39, 0.29) is 5.91 Å². The summed E-state index contributed by atoms with van der Waals surface area (Å²) in [6, 6.07) is 4.93. The molecule has 23 heavy (non-hydrogen) atoms. The zero-order chi connectivity index (χ0) is 16.2. The number of hydrogen-bond acceptors (Lipinski definition) is 5. The number of halogens is 2. The highest BCUT2D eigenvalue weighted by atomic mass is 35.5. The predicted molar refractivity (Wildman–Crippen MR) is 92.6 cm³/mol. The minimum absolute atomic E-state index is 0.279.